The lowest BCUT2D eigenvalue weighted by atomic mass is 9.65. The first kappa shape index (κ1) is 67.8. The molecule has 0 radical (unpaired) electrons. The first-order valence-electron chi connectivity index (χ1n) is 35.2. The molecule has 8 heterocycles. The first-order valence-corrected chi connectivity index (χ1v) is 37.8. The zero-order valence-electron chi connectivity index (χ0n) is 57.6. The van der Waals surface area contributed by atoms with Gasteiger partial charge in [-0.2, -0.15) is 9.97 Å². The van der Waals surface area contributed by atoms with Crippen molar-refractivity contribution in [2.45, 2.75) is 192 Å². The number of pyridine rings is 1. The standard InChI is InChI=1S/C74H95ClF2N10O8Si/c1-45(2)96(46(3)4,47(5)6)32-22-56-60(76)18-12-49-33-55(94-44-92-10)35-57(63(49)56)65-64(77)66-58(36-78-65)67(84-40-53-15-16-54(41-84)87(53)71(91)95-72(7,8)9)81-69(80-66)93-43-74(25-26-74)42-82-38-51-13-14-52(39-82)86(51)37-48-19-23-73(24-20-48)27-30-83(31-28-73)68(89)50-11-17-59(75)61(34-50)85-29-21-62(88)79-70(85)90/h11-12,17-18,33-36,45-48,51-54H,13-16,19-21,23-31,37-44H2,1-10H3,(H,79,88,90). The van der Waals surface area contributed by atoms with E-state index in [0.29, 0.717) is 117 Å². The largest absolute Gasteiger partial charge is 0.468 e. The second-order valence-electron chi connectivity index (χ2n) is 31.1. The number of amides is 5. The summed E-state index contributed by atoms with van der Waals surface area (Å²) in [6.45, 7) is 25.8. The molecular formula is C74H95ClF2N10O8Si. The molecular weight excluding hydrogens is 1260 g/mol. The minimum atomic E-state index is -2.36. The summed E-state index contributed by atoms with van der Waals surface area (Å²) in [5, 5.41) is 4.13. The van der Waals surface area contributed by atoms with Crippen LogP contribution < -0.4 is 24.6 Å². The Morgan fingerprint density at radius 2 is 1.49 bits per heavy atom. The summed E-state index contributed by atoms with van der Waals surface area (Å²) in [5.41, 5.74) is 5.46. The molecule has 2 saturated carbocycles. The fourth-order valence-electron chi connectivity index (χ4n) is 17.7. The van der Waals surface area contributed by atoms with Gasteiger partial charge in [-0.15, -0.1) is 5.54 Å². The van der Waals surface area contributed by atoms with Gasteiger partial charge in [0, 0.05) is 113 Å². The fourth-order valence-corrected chi connectivity index (χ4v) is 23.2. The molecule has 1 spiro atoms. The highest BCUT2D eigenvalue weighted by Gasteiger charge is 2.51. The number of urea groups is 1. The second kappa shape index (κ2) is 26.9. The summed E-state index contributed by atoms with van der Waals surface area (Å²) in [7, 11) is -0.833. The van der Waals surface area contributed by atoms with Crippen molar-refractivity contribution in [3.05, 3.63) is 76.4 Å². The third-order valence-electron chi connectivity index (χ3n) is 23.0. The van der Waals surface area contributed by atoms with E-state index in [9.17, 15) is 19.2 Å². The third kappa shape index (κ3) is 13.4. The highest BCUT2D eigenvalue weighted by Crippen LogP contribution is 2.51. The summed E-state index contributed by atoms with van der Waals surface area (Å²) in [4.78, 5) is 80.0. The van der Waals surface area contributed by atoms with Gasteiger partial charge in [0.1, 0.15) is 42.3 Å². The maximum absolute atomic E-state index is 18.4. The van der Waals surface area contributed by atoms with Gasteiger partial charge in [0.2, 0.25) is 5.91 Å². The van der Waals surface area contributed by atoms with Crippen LogP contribution in [0.2, 0.25) is 21.6 Å². The first-order chi connectivity index (χ1) is 45.8. The van der Waals surface area contributed by atoms with Crippen LogP contribution in [0.4, 0.5) is 29.9 Å². The van der Waals surface area contributed by atoms with Gasteiger partial charge in [-0.3, -0.25) is 39.5 Å². The van der Waals surface area contributed by atoms with Crippen molar-refractivity contribution in [2.75, 3.05) is 89.2 Å². The second-order valence-corrected chi connectivity index (χ2v) is 37.1. The summed E-state index contributed by atoms with van der Waals surface area (Å²) < 4.78 is 59.1. The molecule has 6 aliphatic heterocycles. The lowest BCUT2D eigenvalue weighted by molar-refractivity contribution is -0.120. The average molecular weight is 1350 g/mol. The van der Waals surface area contributed by atoms with E-state index < -0.39 is 31.3 Å². The number of nitrogens with zero attached hydrogens (tertiary/aromatic N) is 9. The molecule has 6 saturated heterocycles. The highest BCUT2D eigenvalue weighted by molar-refractivity contribution is 6.90. The van der Waals surface area contributed by atoms with Crippen molar-refractivity contribution in [1.82, 2.24) is 39.9 Å². The van der Waals surface area contributed by atoms with Crippen molar-refractivity contribution in [3.8, 4) is 34.5 Å². The number of likely N-dealkylation sites (tertiary alicyclic amines) is 2. The SMILES string of the molecule is COCOc1cc(-c2ncc3c(N4CC5CCC(C4)N5C(=O)OC(C)(C)C)nc(OCC4(CN5CC6CCC(C5)N6CC5CCC6(CC5)CCN(C(=O)c5ccc(Cl)c(N7CCC(=O)NC7=O)c5)CC6)CC4)nc3c2F)c2c(C#C[Si](C(C)C)(C(C)C)C(C)C)c(F)ccc2c1. The van der Waals surface area contributed by atoms with Gasteiger partial charge in [-0.1, -0.05) is 65.1 Å². The lowest BCUT2D eigenvalue weighted by Crippen LogP contribution is -2.57. The van der Waals surface area contributed by atoms with Crippen molar-refractivity contribution in [3.63, 3.8) is 0 Å². The number of anilines is 2. The number of imide groups is 1. The van der Waals surface area contributed by atoms with Gasteiger partial charge < -0.3 is 28.7 Å². The zero-order chi connectivity index (χ0) is 67.8. The molecule has 13 rings (SSSR count). The van der Waals surface area contributed by atoms with Crippen LogP contribution in [0, 0.1) is 39.8 Å². The molecule has 1 N–H and O–H groups in total. The zero-order valence-corrected chi connectivity index (χ0v) is 59.4. The van der Waals surface area contributed by atoms with Crippen LogP contribution in [-0.2, 0) is 14.3 Å². The Kier molecular flexibility index (Phi) is 19.0. The number of hydrogen-bond acceptors (Lipinski definition) is 14. The normalized spacial score (nSPS) is 23.0. The molecule has 2 aromatic heterocycles. The Bertz CT molecular complexity index is 3840. The number of benzene rings is 3. The quantitative estimate of drug-likeness (QED) is 0.0529. The van der Waals surface area contributed by atoms with Crippen LogP contribution in [0.1, 0.15) is 162 Å². The number of hydrogen-bond donors (Lipinski definition) is 1. The minimum absolute atomic E-state index is 0.0226. The van der Waals surface area contributed by atoms with Gasteiger partial charge >= 0.3 is 18.1 Å². The molecule has 8 fully saturated rings. The molecule has 4 atom stereocenters. The van der Waals surface area contributed by atoms with Crippen LogP contribution in [0.15, 0.2) is 48.7 Å². The van der Waals surface area contributed by atoms with Crippen LogP contribution in [0.3, 0.4) is 0 Å². The maximum Gasteiger partial charge on any atom is 0.410 e. The number of methoxy groups -OCH3 is 1. The smallest absolute Gasteiger partial charge is 0.410 e. The number of piperidine rings is 1. The van der Waals surface area contributed by atoms with Crippen LogP contribution in [0.5, 0.6) is 11.8 Å². The van der Waals surface area contributed by atoms with Gasteiger partial charge in [-0.05, 0) is 168 Å². The molecule has 8 aliphatic rings. The van der Waals surface area contributed by atoms with Gasteiger partial charge in [0.05, 0.1) is 40.4 Å². The minimum Gasteiger partial charge on any atom is -0.468 e. The Morgan fingerprint density at radius 1 is 0.812 bits per heavy atom. The number of rotatable bonds is 17. The Morgan fingerprint density at radius 3 is 2.12 bits per heavy atom. The number of ether oxygens (including phenoxy) is 4. The van der Waals surface area contributed by atoms with E-state index >= 15 is 8.78 Å². The van der Waals surface area contributed by atoms with Gasteiger partial charge in [-0.25, -0.2) is 18.4 Å². The molecule has 18 nitrogen and oxygen atoms in total. The molecule has 5 amide bonds. The predicted octanol–water partition coefficient (Wildman–Crippen LogP) is 13.8. The maximum atomic E-state index is 18.4. The Balaban J connectivity index is 0.713. The summed E-state index contributed by atoms with van der Waals surface area (Å²) in [5.74, 6) is 3.30. The molecule has 3 aromatic carbocycles. The van der Waals surface area contributed by atoms with Crippen molar-refractivity contribution in [1.29, 1.82) is 0 Å². The van der Waals surface area contributed by atoms with Gasteiger partial charge in [0.15, 0.2) is 12.6 Å². The monoisotopic (exact) mass is 1350 g/mol. The van der Waals surface area contributed by atoms with Crippen molar-refractivity contribution >= 4 is 76.8 Å². The topological polar surface area (TPSA) is 175 Å². The van der Waals surface area contributed by atoms with Gasteiger partial charge in [0.25, 0.3) is 5.91 Å². The predicted molar refractivity (Wildman–Crippen MR) is 371 cm³/mol. The van der Waals surface area contributed by atoms with Crippen molar-refractivity contribution < 1.29 is 46.9 Å². The summed E-state index contributed by atoms with van der Waals surface area (Å²) in [6, 6.07) is 11.8. The number of piperazine rings is 2. The molecule has 2 aliphatic carbocycles. The summed E-state index contributed by atoms with van der Waals surface area (Å²) in [6.07, 6.45) is 14.1. The summed E-state index contributed by atoms with van der Waals surface area (Å²) >= 11 is 6.52. The van der Waals surface area contributed by atoms with Crippen LogP contribution in [0.25, 0.3) is 32.9 Å². The molecule has 4 unspecified atom stereocenters. The number of halogens is 3. The van der Waals surface area contributed by atoms with E-state index in [1.54, 1.807) is 42.6 Å². The molecule has 22 heteroatoms. The van der Waals surface area contributed by atoms with E-state index in [-0.39, 0.29) is 83.4 Å². The Hall–Kier alpha value is -6.70. The third-order valence-corrected chi connectivity index (χ3v) is 29.6. The lowest BCUT2D eigenvalue weighted by Gasteiger charge is -2.48. The van der Waals surface area contributed by atoms with Crippen molar-refractivity contribution in [2.24, 2.45) is 16.7 Å². The molecule has 5 aromatic rings. The van der Waals surface area contributed by atoms with E-state index in [0.717, 1.165) is 64.7 Å². The molecule has 96 heavy (non-hydrogen) atoms. The van der Waals surface area contributed by atoms with E-state index in [2.05, 4.69) is 73.0 Å². The number of carbonyl (C=O) groups is 4. The van der Waals surface area contributed by atoms with Crippen LogP contribution in [-0.4, -0.2) is 176 Å². The molecule has 514 valence electrons. The number of aromatic nitrogens is 3. The number of nitrogens with one attached hydrogen (secondary N) is 1. The highest BCUT2D eigenvalue weighted by atomic mass is 35.5. The van der Waals surface area contributed by atoms with Crippen LogP contribution >= 0.6 is 11.6 Å². The fraction of sp³-hybridized carbons (Fsp3) is 0.608. The number of fused-ring (bicyclic) bond motifs is 6. The molecule has 4 bridgehead atoms. The van der Waals surface area contributed by atoms with E-state index in [4.69, 9.17) is 45.5 Å². The Labute approximate surface area is 569 Å². The van der Waals surface area contributed by atoms with E-state index in [1.165, 1.54) is 56.6 Å². The average Bonchev–Trinajstić information content (AvgIpc) is 0.758. The van der Waals surface area contributed by atoms with E-state index in [1.807, 2.05) is 30.6 Å². The number of carbonyl (C=O) groups excluding carboxylic acids is 4.